The topological polar surface area (TPSA) is 88.5 Å². The van der Waals surface area contributed by atoms with Crippen LogP contribution in [0.1, 0.15) is 73.0 Å². The van der Waals surface area contributed by atoms with E-state index >= 15 is 0 Å². The highest BCUT2D eigenvalue weighted by Gasteiger charge is 2.27. The molecule has 1 amide bonds. The average Bonchev–Trinajstić information content (AvgIpc) is 3.30. The van der Waals surface area contributed by atoms with Crippen molar-refractivity contribution in [3.8, 4) is 11.3 Å². The first-order chi connectivity index (χ1) is 18.9. The third kappa shape index (κ3) is 6.77. The number of halogens is 2. The van der Waals surface area contributed by atoms with Crippen LogP contribution in [0.15, 0.2) is 35.9 Å². The molecule has 0 fully saturated rings. The van der Waals surface area contributed by atoms with Gasteiger partial charge in [0.15, 0.2) is 5.13 Å². The number of thiazole rings is 1. The quantitative estimate of drug-likeness (QED) is 0.241. The van der Waals surface area contributed by atoms with Crippen LogP contribution >= 0.6 is 34.5 Å². The lowest BCUT2D eigenvalue weighted by molar-refractivity contribution is -0.132. The number of aromatic nitrogens is 1. The normalized spacial score (nSPS) is 13.9. The first-order valence-electron chi connectivity index (χ1n) is 13.3. The van der Waals surface area contributed by atoms with Crippen molar-refractivity contribution in [2.24, 2.45) is 5.41 Å². The fraction of sp³-hybridized carbons (Fsp3) is 0.387. The van der Waals surface area contributed by atoms with E-state index in [2.05, 4.69) is 44.3 Å². The minimum Gasteiger partial charge on any atom is -0.478 e. The first-order valence-corrected chi connectivity index (χ1v) is 14.9. The maximum Gasteiger partial charge on any atom is 0.331 e. The van der Waals surface area contributed by atoms with E-state index in [1.165, 1.54) is 47.6 Å². The van der Waals surface area contributed by atoms with Gasteiger partial charge in [-0.1, -0.05) is 62.2 Å². The van der Waals surface area contributed by atoms with Crippen molar-refractivity contribution >= 4 is 57.6 Å². The van der Waals surface area contributed by atoms with E-state index in [0.29, 0.717) is 17.3 Å². The van der Waals surface area contributed by atoms with Crippen LogP contribution in [0.3, 0.4) is 0 Å². The molecule has 1 unspecified atom stereocenters. The number of carboxylic acid groups (broad SMARTS) is 1. The number of nitrogens with one attached hydrogen (secondary N) is 1. The summed E-state index contributed by atoms with van der Waals surface area (Å²) in [6.07, 6.45) is 5.25. The number of ether oxygens (including phenoxy) is 1. The second kappa shape index (κ2) is 12.4. The van der Waals surface area contributed by atoms with Crippen molar-refractivity contribution < 1.29 is 19.4 Å². The van der Waals surface area contributed by atoms with Gasteiger partial charge in [0.2, 0.25) is 0 Å². The number of aryl methyl sites for hydroxylation is 2. The molecule has 0 bridgehead atoms. The highest BCUT2D eigenvalue weighted by Crippen LogP contribution is 2.40. The number of hydrogen-bond acceptors (Lipinski definition) is 5. The number of carbonyl (C=O) groups is 2. The maximum atomic E-state index is 13.1. The number of benzene rings is 2. The highest BCUT2D eigenvalue weighted by atomic mass is 35.5. The Balaban J connectivity index is 1.54. The first kappa shape index (κ1) is 30.3. The Bertz CT molecular complexity index is 1450. The van der Waals surface area contributed by atoms with Gasteiger partial charge in [-0.25, -0.2) is 9.78 Å². The summed E-state index contributed by atoms with van der Waals surface area (Å²) in [5, 5.41) is 12.9. The van der Waals surface area contributed by atoms with Crippen molar-refractivity contribution in [1.82, 2.24) is 4.98 Å². The number of aliphatic carboxylic acids is 1. The monoisotopic (exact) mass is 600 g/mol. The summed E-state index contributed by atoms with van der Waals surface area (Å²) >= 11 is 14.2. The number of hydrogen-bond donors (Lipinski definition) is 2. The molecule has 1 heterocycles. The molecular weight excluding hydrogens is 567 g/mol. The number of carboxylic acids is 1. The van der Waals surface area contributed by atoms with Crippen molar-refractivity contribution in [3.63, 3.8) is 0 Å². The van der Waals surface area contributed by atoms with E-state index in [4.69, 9.17) is 38.0 Å². The number of rotatable bonds is 9. The SMILES string of the molecule is CCOC(CCc1cccc2c1CCc1sc(NC(=O)c3cc(Cl)c(/C=C(\C)C(=O)O)c(Cl)c3)nc1-2)C(C)(C)C. The molecule has 4 rings (SSSR count). The average molecular weight is 602 g/mol. The van der Waals surface area contributed by atoms with E-state index in [1.807, 2.05) is 6.92 Å². The second-order valence-electron chi connectivity index (χ2n) is 11.0. The van der Waals surface area contributed by atoms with Gasteiger partial charge in [0.05, 0.1) is 21.8 Å². The standard InChI is InChI=1S/C31H34Cl2N2O4S/c1-6-39-26(31(3,4)5)13-10-18-8-7-9-21-20(18)11-12-25-27(21)34-30(40-25)35-28(36)19-15-23(32)22(24(33)16-19)14-17(2)29(37)38/h7-9,14-16,26H,6,10-13H2,1-5H3,(H,37,38)(H,34,35,36)/b17-14+. The third-order valence-electron chi connectivity index (χ3n) is 7.10. The van der Waals surface area contributed by atoms with Gasteiger partial charge in [0.1, 0.15) is 0 Å². The van der Waals surface area contributed by atoms with Crippen LogP contribution in [-0.4, -0.2) is 34.7 Å². The van der Waals surface area contributed by atoms with Crippen LogP contribution in [0.2, 0.25) is 10.0 Å². The zero-order valence-electron chi connectivity index (χ0n) is 23.4. The van der Waals surface area contributed by atoms with E-state index in [-0.39, 0.29) is 32.7 Å². The Morgan fingerprint density at radius 3 is 2.52 bits per heavy atom. The molecule has 0 aliphatic heterocycles. The number of fused-ring (bicyclic) bond motifs is 3. The van der Waals surface area contributed by atoms with Gasteiger partial charge in [-0.2, -0.15) is 0 Å². The summed E-state index contributed by atoms with van der Waals surface area (Å²) in [4.78, 5) is 30.2. The summed E-state index contributed by atoms with van der Waals surface area (Å²) < 4.78 is 6.06. The van der Waals surface area contributed by atoms with E-state index < -0.39 is 11.9 Å². The predicted molar refractivity (Wildman–Crippen MR) is 164 cm³/mol. The minimum absolute atomic E-state index is 0.0724. The van der Waals surface area contributed by atoms with Crippen molar-refractivity contribution in [2.75, 3.05) is 11.9 Å². The van der Waals surface area contributed by atoms with Gasteiger partial charge in [-0.15, -0.1) is 11.3 Å². The van der Waals surface area contributed by atoms with Gasteiger partial charge in [-0.05, 0) is 74.3 Å². The second-order valence-corrected chi connectivity index (χ2v) is 12.9. The Kier molecular flexibility index (Phi) is 9.40. The fourth-order valence-electron chi connectivity index (χ4n) is 4.96. The largest absolute Gasteiger partial charge is 0.478 e. The lowest BCUT2D eigenvalue weighted by Crippen LogP contribution is -2.30. The van der Waals surface area contributed by atoms with E-state index in [9.17, 15) is 9.59 Å². The lowest BCUT2D eigenvalue weighted by atomic mass is 9.83. The molecule has 2 N–H and O–H groups in total. The summed E-state index contributed by atoms with van der Waals surface area (Å²) in [5.41, 5.74) is 5.46. The molecule has 2 aromatic carbocycles. The van der Waals surface area contributed by atoms with Gasteiger partial charge >= 0.3 is 5.97 Å². The van der Waals surface area contributed by atoms with Gasteiger partial charge in [-0.3, -0.25) is 10.1 Å². The molecule has 1 atom stereocenters. The Hall–Kier alpha value is -2.71. The number of carbonyl (C=O) groups excluding carboxylic acids is 1. The molecule has 1 aliphatic carbocycles. The molecule has 0 saturated heterocycles. The Morgan fingerprint density at radius 1 is 1.20 bits per heavy atom. The zero-order valence-corrected chi connectivity index (χ0v) is 25.7. The molecule has 40 heavy (non-hydrogen) atoms. The summed E-state index contributed by atoms with van der Waals surface area (Å²) in [6, 6.07) is 9.35. The molecule has 0 saturated carbocycles. The molecule has 1 aliphatic rings. The predicted octanol–water partition coefficient (Wildman–Crippen LogP) is 8.34. The zero-order chi connectivity index (χ0) is 29.2. The molecule has 6 nitrogen and oxygen atoms in total. The maximum absolute atomic E-state index is 13.1. The Labute approximate surface area is 249 Å². The fourth-order valence-corrected chi connectivity index (χ4v) is 6.53. The molecule has 212 valence electrons. The van der Waals surface area contributed by atoms with E-state index in [0.717, 1.165) is 41.8 Å². The molecule has 0 radical (unpaired) electrons. The lowest BCUT2D eigenvalue weighted by Gasteiger charge is -2.31. The van der Waals surface area contributed by atoms with Crippen LogP contribution in [0.4, 0.5) is 5.13 Å². The van der Waals surface area contributed by atoms with Gasteiger partial charge < -0.3 is 9.84 Å². The van der Waals surface area contributed by atoms with Crippen LogP contribution < -0.4 is 5.32 Å². The minimum atomic E-state index is -1.07. The number of amides is 1. The van der Waals surface area contributed by atoms with Crippen molar-refractivity contribution in [2.45, 2.75) is 66.4 Å². The summed E-state index contributed by atoms with van der Waals surface area (Å²) in [6.45, 7) is 10.9. The highest BCUT2D eigenvalue weighted by molar-refractivity contribution is 7.16. The molecular formula is C31H34Cl2N2O4S. The van der Waals surface area contributed by atoms with Crippen LogP contribution in [-0.2, 0) is 28.8 Å². The van der Waals surface area contributed by atoms with Gasteiger partial charge in [0.25, 0.3) is 5.91 Å². The van der Waals surface area contributed by atoms with Crippen molar-refractivity contribution in [1.29, 1.82) is 0 Å². The molecule has 1 aromatic heterocycles. The molecule has 3 aromatic rings. The molecule has 9 heteroatoms. The summed E-state index contributed by atoms with van der Waals surface area (Å²) in [7, 11) is 0. The number of anilines is 1. The number of nitrogens with zero attached hydrogens (tertiary/aromatic N) is 1. The van der Waals surface area contributed by atoms with Crippen LogP contribution in [0, 0.1) is 5.41 Å². The third-order valence-corrected chi connectivity index (χ3v) is 8.75. The van der Waals surface area contributed by atoms with Crippen molar-refractivity contribution in [3.05, 3.63) is 73.1 Å². The van der Waals surface area contributed by atoms with Gasteiger partial charge in [0, 0.05) is 33.7 Å². The smallest absolute Gasteiger partial charge is 0.331 e. The van der Waals surface area contributed by atoms with Crippen LogP contribution in [0.5, 0.6) is 0 Å². The molecule has 0 spiro atoms. The summed E-state index contributed by atoms with van der Waals surface area (Å²) in [5.74, 6) is -1.46. The Morgan fingerprint density at radius 2 is 1.90 bits per heavy atom. The van der Waals surface area contributed by atoms with E-state index in [1.54, 1.807) is 0 Å². The van der Waals surface area contributed by atoms with Crippen LogP contribution in [0.25, 0.3) is 17.3 Å².